The van der Waals surface area contributed by atoms with Crippen LogP contribution in [0, 0.1) is 17.2 Å². The number of fused-ring (bicyclic) bond motifs is 1. The molecule has 146 valence electrons. The second kappa shape index (κ2) is 8.10. The van der Waals surface area contributed by atoms with Crippen LogP contribution in [0.3, 0.4) is 0 Å². The van der Waals surface area contributed by atoms with E-state index in [4.69, 9.17) is 16.9 Å². The van der Waals surface area contributed by atoms with E-state index in [2.05, 4.69) is 11.1 Å². The molecule has 0 saturated heterocycles. The van der Waals surface area contributed by atoms with Crippen molar-refractivity contribution >= 4 is 11.6 Å². The number of halogens is 1. The molecule has 0 radical (unpaired) electrons. The fourth-order valence-corrected chi connectivity index (χ4v) is 4.14. The van der Waals surface area contributed by atoms with Gasteiger partial charge in [-0.25, -0.2) is 4.79 Å². The molecule has 6 heteroatoms. The quantitative estimate of drug-likeness (QED) is 0.721. The summed E-state index contributed by atoms with van der Waals surface area (Å²) < 4.78 is 1.26. The predicted molar refractivity (Wildman–Crippen MR) is 112 cm³/mol. The van der Waals surface area contributed by atoms with Crippen molar-refractivity contribution in [1.29, 1.82) is 5.26 Å². The maximum Gasteiger partial charge on any atom is 0.328 e. The fourth-order valence-electron chi connectivity index (χ4n) is 4.01. The molecule has 1 atom stereocenters. The van der Waals surface area contributed by atoms with E-state index in [-0.39, 0.29) is 17.8 Å². The normalized spacial score (nSPS) is 15.5. The highest BCUT2D eigenvalue weighted by molar-refractivity contribution is 6.30. The monoisotopic (exact) mass is 405 g/mol. The zero-order chi connectivity index (χ0) is 20.4. The van der Waals surface area contributed by atoms with E-state index in [1.54, 1.807) is 18.2 Å². The first-order valence-corrected chi connectivity index (χ1v) is 9.99. The highest BCUT2D eigenvalue weighted by atomic mass is 35.5. The lowest BCUT2D eigenvalue weighted by atomic mass is 9.83. The minimum Gasteiger partial charge on any atom is -0.311 e. The van der Waals surface area contributed by atoms with Crippen LogP contribution in [-0.2, 0) is 25.8 Å². The van der Waals surface area contributed by atoms with Crippen LogP contribution in [0.5, 0.6) is 0 Å². The molecule has 2 aromatic carbocycles. The summed E-state index contributed by atoms with van der Waals surface area (Å²) >= 11 is 5.92. The summed E-state index contributed by atoms with van der Waals surface area (Å²) in [6.45, 7) is 0.216. The van der Waals surface area contributed by atoms with Crippen LogP contribution in [0.1, 0.15) is 34.4 Å². The van der Waals surface area contributed by atoms with Crippen molar-refractivity contribution in [2.24, 2.45) is 5.92 Å². The Morgan fingerprint density at radius 3 is 2.69 bits per heavy atom. The van der Waals surface area contributed by atoms with E-state index in [0.717, 1.165) is 29.7 Å². The molecule has 0 aliphatic heterocycles. The average molecular weight is 406 g/mol. The first kappa shape index (κ1) is 19.2. The van der Waals surface area contributed by atoms with Crippen molar-refractivity contribution in [1.82, 2.24) is 9.55 Å². The molecule has 1 N–H and O–H groups in total. The zero-order valence-electron chi connectivity index (χ0n) is 15.8. The fraction of sp³-hybridized carbons (Fsp3) is 0.261. The van der Waals surface area contributed by atoms with Crippen LogP contribution < -0.4 is 11.2 Å². The first-order chi connectivity index (χ1) is 14.0. The third-order valence-electron chi connectivity index (χ3n) is 5.50. The number of nitriles is 1. The summed E-state index contributed by atoms with van der Waals surface area (Å²) in [6, 6.07) is 16.9. The molecule has 1 aliphatic rings. The van der Waals surface area contributed by atoms with Crippen molar-refractivity contribution in [3.63, 3.8) is 0 Å². The van der Waals surface area contributed by atoms with Gasteiger partial charge in [-0.15, -0.1) is 0 Å². The van der Waals surface area contributed by atoms with Gasteiger partial charge in [0, 0.05) is 16.3 Å². The Bertz CT molecular complexity index is 1200. The molecule has 0 bridgehead atoms. The first-order valence-electron chi connectivity index (χ1n) is 9.62. The standard InChI is InChI=1S/C23H20ClN3O2/c24-19-7-4-15(5-8-19)14-27-22(28)20-12-17(6-9-21(20)26-23(27)29)10-16-2-1-3-18(11-16)13-25/h1-5,7-8,11,17H,6,9-10,12,14H2,(H,26,29). The number of hydrogen-bond donors (Lipinski definition) is 1. The Morgan fingerprint density at radius 2 is 1.93 bits per heavy atom. The topological polar surface area (TPSA) is 78.7 Å². The number of rotatable bonds is 4. The molecule has 3 aromatic rings. The Balaban J connectivity index is 1.60. The molecule has 0 saturated carbocycles. The Labute approximate surface area is 173 Å². The van der Waals surface area contributed by atoms with Gasteiger partial charge in [-0.2, -0.15) is 5.26 Å². The number of hydrogen-bond acceptors (Lipinski definition) is 3. The maximum absolute atomic E-state index is 13.1. The molecule has 0 amide bonds. The van der Waals surface area contributed by atoms with Crippen molar-refractivity contribution in [2.75, 3.05) is 0 Å². The van der Waals surface area contributed by atoms with Gasteiger partial charge in [0.2, 0.25) is 0 Å². The highest BCUT2D eigenvalue weighted by Crippen LogP contribution is 2.25. The molecular weight excluding hydrogens is 386 g/mol. The van der Waals surface area contributed by atoms with Gasteiger partial charge < -0.3 is 4.98 Å². The molecule has 29 heavy (non-hydrogen) atoms. The molecule has 1 heterocycles. The summed E-state index contributed by atoms with van der Waals surface area (Å²) in [5.74, 6) is 0.305. The number of aryl methyl sites for hydroxylation is 1. The zero-order valence-corrected chi connectivity index (χ0v) is 16.6. The van der Waals surface area contributed by atoms with E-state index in [0.29, 0.717) is 34.9 Å². The predicted octanol–water partition coefficient (Wildman–Crippen LogP) is 3.46. The van der Waals surface area contributed by atoms with Gasteiger partial charge >= 0.3 is 5.69 Å². The van der Waals surface area contributed by atoms with Crippen molar-refractivity contribution in [3.05, 3.63) is 102 Å². The number of nitrogens with zero attached hydrogens (tertiary/aromatic N) is 2. The number of H-pyrrole nitrogens is 1. The molecule has 1 aromatic heterocycles. The van der Waals surface area contributed by atoms with Crippen LogP contribution in [0.15, 0.2) is 58.1 Å². The van der Waals surface area contributed by atoms with E-state index in [1.165, 1.54) is 4.57 Å². The lowest BCUT2D eigenvalue weighted by Crippen LogP contribution is -2.41. The minimum atomic E-state index is -0.371. The highest BCUT2D eigenvalue weighted by Gasteiger charge is 2.24. The smallest absolute Gasteiger partial charge is 0.311 e. The summed E-state index contributed by atoms with van der Waals surface area (Å²) in [5, 5.41) is 9.71. The van der Waals surface area contributed by atoms with Gasteiger partial charge in [0.25, 0.3) is 5.56 Å². The minimum absolute atomic E-state index is 0.214. The largest absolute Gasteiger partial charge is 0.328 e. The maximum atomic E-state index is 13.1. The van der Waals surface area contributed by atoms with Gasteiger partial charge in [0.15, 0.2) is 0 Å². The molecule has 5 nitrogen and oxygen atoms in total. The third-order valence-corrected chi connectivity index (χ3v) is 5.75. The second-order valence-corrected chi connectivity index (χ2v) is 7.97. The van der Waals surface area contributed by atoms with E-state index < -0.39 is 0 Å². The third kappa shape index (κ3) is 4.18. The lowest BCUT2D eigenvalue weighted by Gasteiger charge is -2.24. The summed E-state index contributed by atoms with van der Waals surface area (Å²) in [7, 11) is 0. The summed E-state index contributed by atoms with van der Waals surface area (Å²) in [4.78, 5) is 28.5. The SMILES string of the molecule is N#Cc1cccc(CC2CCc3[nH]c(=O)n(Cc4ccc(Cl)cc4)c(=O)c3C2)c1. The average Bonchev–Trinajstić information content (AvgIpc) is 2.73. The molecule has 1 unspecified atom stereocenters. The van der Waals surface area contributed by atoms with E-state index in [9.17, 15) is 9.59 Å². The van der Waals surface area contributed by atoms with Crippen LogP contribution in [0.2, 0.25) is 5.02 Å². The van der Waals surface area contributed by atoms with Gasteiger partial charge in [0.1, 0.15) is 0 Å². The number of aromatic nitrogens is 2. The Hall–Kier alpha value is -3.10. The van der Waals surface area contributed by atoms with Gasteiger partial charge in [-0.1, -0.05) is 35.9 Å². The second-order valence-electron chi connectivity index (χ2n) is 7.53. The van der Waals surface area contributed by atoms with Gasteiger partial charge in [0.05, 0.1) is 18.2 Å². The van der Waals surface area contributed by atoms with Gasteiger partial charge in [-0.05, 0) is 67.0 Å². The van der Waals surface area contributed by atoms with E-state index in [1.807, 2.05) is 30.3 Å². The van der Waals surface area contributed by atoms with Crippen LogP contribution in [0.25, 0.3) is 0 Å². The van der Waals surface area contributed by atoms with Crippen molar-refractivity contribution in [2.45, 2.75) is 32.2 Å². The Kier molecular flexibility index (Phi) is 5.37. The molecular formula is C23H20ClN3O2. The number of nitrogens with one attached hydrogen (secondary N) is 1. The molecule has 4 rings (SSSR count). The van der Waals surface area contributed by atoms with E-state index >= 15 is 0 Å². The van der Waals surface area contributed by atoms with Crippen LogP contribution in [-0.4, -0.2) is 9.55 Å². The number of aromatic amines is 1. The van der Waals surface area contributed by atoms with Gasteiger partial charge in [-0.3, -0.25) is 9.36 Å². The van der Waals surface area contributed by atoms with Crippen LogP contribution >= 0.6 is 11.6 Å². The molecule has 1 aliphatic carbocycles. The van der Waals surface area contributed by atoms with Crippen LogP contribution in [0.4, 0.5) is 0 Å². The summed E-state index contributed by atoms with van der Waals surface area (Å²) in [5.41, 5.74) is 3.47. The Morgan fingerprint density at radius 1 is 1.14 bits per heavy atom. The molecule has 0 fully saturated rings. The van der Waals surface area contributed by atoms with Crippen molar-refractivity contribution in [3.8, 4) is 6.07 Å². The number of benzene rings is 2. The molecule has 0 spiro atoms. The summed E-state index contributed by atoms with van der Waals surface area (Å²) in [6.07, 6.45) is 3.03. The van der Waals surface area contributed by atoms with Crippen molar-refractivity contribution < 1.29 is 0 Å². The lowest BCUT2D eigenvalue weighted by molar-refractivity contribution is 0.440.